The van der Waals surface area contributed by atoms with Crippen molar-refractivity contribution in [1.82, 2.24) is 19.9 Å². The molecular weight excluding hydrogens is 212 g/mol. The van der Waals surface area contributed by atoms with Gasteiger partial charge in [0.2, 0.25) is 0 Å². The van der Waals surface area contributed by atoms with E-state index < -0.39 is 0 Å². The van der Waals surface area contributed by atoms with E-state index in [9.17, 15) is 0 Å². The van der Waals surface area contributed by atoms with E-state index in [1.807, 2.05) is 36.4 Å². The molecule has 2 heterocycles. The van der Waals surface area contributed by atoms with E-state index in [1.165, 1.54) is 0 Å². The summed E-state index contributed by atoms with van der Waals surface area (Å²) < 4.78 is 1.96. The number of nitrogens with zero attached hydrogens (tertiary/aromatic N) is 3. The molecule has 0 aromatic carbocycles. The van der Waals surface area contributed by atoms with Crippen molar-refractivity contribution in [2.45, 2.75) is 19.4 Å². The molecule has 1 unspecified atom stereocenters. The summed E-state index contributed by atoms with van der Waals surface area (Å²) in [6, 6.07) is 4.17. The molecule has 0 radical (unpaired) electrons. The van der Waals surface area contributed by atoms with Crippen LogP contribution in [0.3, 0.4) is 0 Å². The quantitative estimate of drug-likeness (QED) is 0.853. The summed E-state index contributed by atoms with van der Waals surface area (Å²) in [5.41, 5.74) is 2.19. The van der Waals surface area contributed by atoms with Gasteiger partial charge in [0.25, 0.3) is 0 Å². The maximum Gasteiger partial charge on any atom is 0.0947 e. The minimum atomic E-state index is 0.129. The first-order chi connectivity index (χ1) is 8.31. The van der Waals surface area contributed by atoms with Gasteiger partial charge in [0.1, 0.15) is 0 Å². The summed E-state index contributed by atoms with van der Waals surface area (Å²) in [7, 11) is 1.98. The Morgan fingerprint density at radius 1 is 1.47 bits per heavy atom. The third-order valence-corrected chi connectivity index (χ3v) is 2.64. The van der Waals surface area contributed by atoms with Gasteiger partial charge in [-0.3, -0.25) is 4.98 Å². The molecule has 1 atom stereocenters. The van der Waals surface area contributed by atoms with Gasteiger partial charge in [-0.2, -0.15) is 0 Å². The Morgan fingerprint density at radius 2 is 2.35 bits per heavy atom. The number of nitrogens with one attached hydrogen (secondary N) is 1. The van der Waals surface area contributed by atoms with Gasteiger partial charge in [-0.15, -0.1) is 0 Å². The monoisotopic (exact) mass is 230 g/mol. The summed E-state index contributed by atoms with van der Waals surface area (Å²) >= 11 is 0. The highest BCUT2D eigenvalue weighted by atomic mass is 15.0. The van der Waals surface area contributed by atoms with Crippen molar-refractivity contribution in [3.8, 4) is 0 Å². The molecule has 0 bridgehead atoms. The molecule has 2 rings (SSSR count). The Labute approximate surface area is 102 Å². The molecule has 17 heavy (non-hydrogen) atoms. The normalized spacial score (nSPS) is 12.6. The third-order valence-electron chi connectivity index (χ3n) is 2.64. The number of pyridine rings is 1. The lowest BCUT2D eigenvalue weighted by Crippen LogP contribution is -2.23. The number of imidazole rings is 1. The number of hydrogen-bond donors (Lipinski definition) is 1. The number of rotatable bonds is 5. The van der Waals surface area contributed by atoms with Gasteiger partial charge in [0.15, 0.2) is 0 Å². The molecule has 0 saturated heterocycles. The SMILES string of the molecule is CCCNC(c1cccnc1)c1cn(C)cn1. The molecule has 0 amide bonds. The largest absolute Gasteiger partial charge is 0.340 e. The fraction of sp³-hybridized carbons (Fsp3) is 0.385. The summed E-state index contributed by atoms with van der Waals surface area (Å²) in [5, 5.41) is 3.50. The predicted octanol–water partition coefficient (Wildman–Crippen LogP) is 1.90. The van der Waals surface area contributed by atoms with Gasteiger partial charge >= 0.3 is 0 Å². The Hall–Kier alpha value is -1.68. The molecular formula is C13H18N4. The van der Waals surface area contributed by atoms with Gasteiger partial charge in [0, 0.05) is 25.6 Å². The van der Waals surface area contributed by atoms with Crippen molar-refractivity contribution in [2.75, 3.05) is 6.54 Å². The zero-order valence-electron chi connectivity index (χ0n) is 10.3. The van der Waals surface area contributed by atoms with Crippen molar-refractivity contribution in [3.63, 3.8) is 0 Å². The highest BCUT2D eigenvalue weighted by molar-refractivity contribution is 5.23. The molecule has 2 aromatic heterocycles. The van der Waals surface area contributed by atoms with Crippen LogP contribution in [0.1, 0.15) is 30.6 Å². The Morgan fingerprint density at radius 3 is 2.94 bits per heavy atom. The average molecular weight is 230 g/mol. The van der Waals surface area contributed by atoms with Crippen molar-refractivity contribution in [3.05, 3.63) is 48.3 Å². The smallest absolute Gasteiger partial charge is 0.0947 e. The molecule has 0 aliphatic rings. The zero-order valence-corrected chi connectivity index (χ0v) is 10.3. The molecule has 0 aliphatic heterocycles. The van der Waals surface area contributed by atoms with Crippen LogP contribution in [0, 0.1) is 0 Å². The molecule has 4 nitrogen and oxygen atoms in total. The van der Waals surface area contributed by atoms with E-state index >= 15 is 0 Å². The first-order valence-electron chi connectivity index (χ1n) is 5.92. The maximum atomic E-state index is 4.42. The van der Waals surface area contributed by atoms with E-state index in [1.54, 1.807) is 6.20 Å². The first-order valence-corrected chi connectivity index (χ1v) is 5.92. The van der Waals surface area contributed by atoms with E-state index in [4.69, 9.17) is 0 Å². The van der Waals surface area contributed by atoms with E-state index in [0.29, 0.717) is 0 Å². The molecule has 0 aliphatic carbocycles. The van der Waals surface area contributed by atoms with Gasteiger partial charge in [-0.1, -0.05) is 13.0 Å². The Bertz CT molecular complexity index is 449. The lowest BCUT2D eigenvalue weighted by Gasteiger charge is -2.16. The second-order valence-electron chi connectivity index (χ2n) is 4.14. The molecule has 4 heteroatoms. The second kappa shape index (κ2) is 5.59. The van der Waals surface area contributed by atoms with Crippen molar-refractivity contribution >= 4 is 0 Å². The second-order valence-corrected chi connectivity index (χ2v) is 4.14. The lowest BCUT2D eigenvalue weighted by molar-refractivity contribution is 0.586. The van der Waals surface area contributed by atoms with Crippen LogP contribution >= 0.6 is 0 Å². The van der Waals surface area contributed by atoms with E-state index in [0.717, 1.165) is 24.2 Å². The van der Waals surface area contributed by atoms with Crippen LogP contribution in [0.2, 0.25) is 0 Å². The minimum absolute atomic E-state index is 0.129. The van der Waals surface area contributed by atoms with Crippen LogP contribution in [-0.2, 0) is 7.05 Å². The third kappa shape index (κ3) is 2.91. The lowest BCUT2D eigenvalue weighted by atomic mass is 10.1. The van der Waals surface area contributed by atoms with Crippen LogP contribution in [-0.4, -0.2) is 21.1 Å². The Balaban J connectivity index is 2.25. The van der Waals surface area contributed by atoms with Crippen LogP contribution in [0.15, 0.2) is 37.1 Å². The van der Waals surface area contributed by atoms with E-state index in [-0.39, 0.29) is 6.04 Å². The molecule has 0 saturated carbocycles. The molecule has 2 aromatic rings. The highest BCUT2D eigenvalue weighted by Crippen LogP contribution is 2.19. The summed E-state index contributed by atoms with van der Waals surface area (Å²) in [4.78, 5) is 8.59. The van der Waals surface area contributed by atoms with Crippen LogP contribution in [0.5, 0.6) is 0 Å². The van der Waals surface area contributed by atoms with Gasteiger partial charge in [0.05, 0.1) is 18.1 Å². The highest BCUT2D eigenvalue weighted by Gasteiger charge is 2.15. The number of aromatic nitrogens is 3. The topological polar surface area (TPSA) is 42.7 Å². The average Bonchev–Trinajstić information content (AvgIpc) is 2.78. The number of aryl methyl sites for hydroxylation is 1. The molecule has 0 spiro atoms. The predicted molar refractivity (Wildman–Crippen MR) is 67.6 cm³/mol. The molecule has 0 fully saturated rings. The van der Waals surface area contributed by atoms with Gasteiger partial charge in [-0.25, -0.2) is 4.98 Å². The van der Waals surface area contributed by atoms with Crippen molar-refractivity contribution < 1.29 is 0 Å². The van der Waals surface area contributed by atoms with Crippen LogP contribution in [0.25, 0.3) is 0 Å². The molecule has 1 N–H and O–H groups in total. The van der Waals surface area contributed by atoms with Crippen LogP contribution in [0.4, 0.5) is 0 Å². The zero-order chi connectivity index (χ0) is 12.1. The van der Waals surface area contributed by atoms with Crippen LogP contribution < -0.4 is 5.32 Å². The maximum absolute atomic E-state index is 4.42. The van der Waals surface area contributed by atoms with Crippen molar-refractivity contribution in [2.24, 2.45) is 7.05 Å². The standard InChI is InChI=1S/C13H18N4/c1-3-6-15-13(11-5-4-7-14-8-11)12-9-17(2)10-16-12/h4-5,7-10,13,15H,3,6H2,1-2H3. The van der Waals surface area contributed by atoms with Gasteiger partial charge < -0.3 is 9.88 Å². The fourth-order valence-electron chi connectivity index (χ4n) is 1.81. The summed E-state index contributed by atoms with van der Waals surface area (Å²) in [6.07, 6.45) is 8.65. The Kier molecular flexibility index (Phi) is 3.88. The van der Waals surface area contributed by atoms with E-state index in [2.05, 4.69) is 28.3 Å². The van der Waals surface area contributed by atoms with Crippen molar-refractivity contribution in [1.29, 1.82) is 0 Å². The van der Waals surface area contributed by atoms with Gasteiger partial charge in [-0.05, 0) is 24.6 Å². The minimum Gasteiger partial charge on any atom is -0.340 e. The summed E-state index contributed by atoms with van der Waals surface area (Å²) in [6.45, 7) is 3.13. The first kappa shape index (κ1) is 11.8. The fourth-order valence-corrected chi connectivity index (χ4v) is 1.81. The summed E-state index contributed by atoms with van der Waals surface area (Å²) in [5.74, 6) is 0. The molecule has 90 valence electrons. The number of hydrogen-bond acceptors (Lipinski definition) is 3.